The van der Waals surface area contributed by atoms with Gasteiger partial charge in [-0.3, -0.25) is 4.99 Å². The van der Waals surface area contributed by atoms with E-state index in [1.165, 1.54) is 0 Å². The van der Waals surface area contributed by atoms with Crippen LogP contribution in [-0.4, -0.2) is 31.8 Å². The molecule has 1 unspecified atom stereocenters. The highest BCUT2D eigenvalue weighted by atomic mass is 35.5. The van der Waals surface area contributed by atoms with Crippen LogP contribution >= 0.6 is 11.6 Å². The summed E-state index contributed by atoms with van der Waals surface area (Å²) in [5, 5.41) is 3.71. The van der Waals surface area contributed by atoms with Crippen LogP contribution in [0.4, 0.5) is 0 Å². The van der Waals surface area contributed by atoms with Crippen LogP contribution in [0.15, 0.2) is 17.1 Å². The maximum Gasteiger partial charge on any atom is 0.188 e. The average molecular weight is 312 g/mol. The van der Waals surface area contributed by atoms with Gasteiger partial charge in [0.25, 0.3) is 0 Å². The van der Waals surface area contributed by atoms with Crippen molar-refractivity contribution in [1.29, 1.82) is 0 Å². The molecular formula is C15H22ClN3O2. The van der Waals surface area contributed by atoms with Crippen molar-refractivity contribution >= 4 is 17.6 Å². The van der Waals surface area contributed by atoms with Gasteiger partial charge in [-0.2, -0.15) is 0 Å². The molecule has 0 radical (unpaired) electrons. The zero-order valence-corrected chi connectivity index (χ0v) is 13.2. The Hall–Kier alpha value is -1.62. The van der Waals surface area contributed by atoms with Crippen LogP contribution in [0.1, 0.15) is 25.8 Å². The summed E-state index contributed by atoms with van der Waals surface area (Å²) in [5.74, 6) is 1.82. The van der Waals surface area contributed by atoms with Gasteiger partial charge in [0.05, 0.1) is 5.02 Å². The van der Waals surface area contributed by atoms with E-state index in [1.54, 1.807) is 0 Å². The molecule has 1 aliphatic rings. The SMILES string of the molecule is CCC(C)NC(N)=NCCc1cc(Cl)c2c(c1)OCCO2. The van der Waals surface area contributed by atoms with Crippen molar-refractivity contribution in [3.8, 4) is 11.5 Å². The van der Waals surface area contributed by atoms with Crippen LogP contribution in [-0.2, 0) is 6.42 Å². The number of halogens is 1. The quantitative estimate of drug-likeness (QED) is 0.647. The summed E-state index contributed by atoms with van der Waals surface area (Å²) in [6.45, 7) is 5.86. The lowest BCUT2D eigenvalue weighted by Gasteiger charge is -2.20. The summed E-state index contributed by atoms with van der Waals surface area (Å²) >= 11 is 6.20. The normalized spacial score (nSPS) is 15.7. The van der Waals surface area contributed by atoms with Crippen LogP contribution in [0.2, 0.25) is 5.02 Å². The van der Waals surface area contributed by atoms with Gasteiger partial charge in [0.2, 0.25) is 0 Å². The van der Waals surface area contributed by atoms with Gasteiger partial charge < -0.3 is 20.5 Å². The minimum Gasteiger partial charge on any atom is -0.486 e. The fourth-order valence-electron chi connectivity index (χ4n) is 2.01. The third-order valence-electron chi connectivity index (χ3n) is 3.35. The first kappa shape index (κ1) is 15.8. The number of aliphatic imine (C=N–C) groups is 1. The van der Waals surface area contributed by atoms with Crippen molar-refractivity contribution in [2.24, 2.45) is 10.7 Å². The van der Waals surface area contributed by atoms with Crippen LogP contribution in [0, 0.1) is 0 Å². The fourth-order valence-corrected chi connectivity index (χ4v) is 2.30. The largest absolute Gasteiger partial charge is 0.486 e. The van der Waals surface area contributed by atoms with E-state index in [4.69, 9.17) is 26.8 Å². The number of benzene rings is 1. The molecule has 116 valence electrons. The lowest BCUT2D eigenvalue weighted by molar-refractivity contribution is 0.171. The molecule has 2 rings (SSSR count). The molecule has 0 aromatic heterocycles. The molecule has 5 nitrogen and oxygen atoms in total. The average Bonchev–Trinajstić information content (AvgIpc) is 2.47. The first-order valence-electron chi connectivity index (χ1n) is 7.24. The maximum absolute atomic E-state index is 6.20. The lowest BCUT2D eigenvalue weighted by atomic mass is 10.1. The van der Waals surface area contributed by atoms with Gasteiger partial charge in [-0.05, 0) is 37.5 Å². The van der Waals surface area contributed by atoms with Crippen LogP contribution in [0.25, 0.3) is 0 Å². The Morgan fingerprint density at radius 3 is 2.95 bits per heavy atom. The Labute approximate surface area is 130 Å². The van der Waals surface area contributed by atoms with Gasteiger partial charge in [0.15, 0.2) is 17.5 Å². The Morgan fingerprint density at radius 2 is 2.19 bits per heavy atom. The molecule has 0 bridgehead atoms. The second-order valence-electron chi connectivity index (χ2n) is 5.07. The molecule has 0 fully saturated rings. The molecular weight excluding hydrogens is 290 g/mol. The van der Waals surface area contributed by atoms with E-state index < -0.39 is 0 Å². The lowest BCUT2D eigenvalue weighted by Crippen LogP contribution is -2.38. The van der Waals surface area contributed by atoms with E-state index in [-0.39, 0.29) is 0 Å². The van der Waals surface area contributed by atoms with Crippen LogP contribution in [0.5, 0.6) is 11.5 Å². The van der Waals surface area contributed by atoms with Gasteiger partial charge in [0.1, 0.15) is 13.2 Å². The Morgan fingerprint density at radius 1 is 1.43 bits per heavy atom. The summed E-state index contributed by atoms with van der Waals surface area (Å²) in [6.07, 6.45) is 1.76. The zero-order valence-electron chi connectivity index (χ0n) is 12.5. The van der Waals surface area contributed by atoms with E-state index in [2.05, 4.69) is 24.2 Å². The summed E-state index contributed by atoms with van der Waals surface area (Å²) in [7, 11) is 0. The predicted molar refractivity (Wildman–Crippen MR) is 85.5 cm³/mol. The predicted octanol–water partition coefficient (Wildman–Crippen LogP) is 2.36. The number of guanidine groups is 1. The molecule has 6 heteroatoms. The molecule has 0 saturated carbocycles. The zero-order chi connectivity index (χ0) is 15.2. The van der Waals surface area contributed by atoms with E-state index in [0.717, 1.165) is 18.4 Å². The number of hydrogen-bond acceptors (Lipinski definition) is 3. The number of fused-ring (bicyclic) bond motifs is 1. The number of hydrogen-bond donors (Lipinski definition) is 2. The van der Waals surface area contributed by atoms with Gasteiger partial charge >= 0.3 is 0 Å². The smallest absolute Gasteiger partial charge is 0.188 e. The third kappa shape index (κ3) is 4.43. The molecule has 0 saturated heterocycles. The number of nitrogens with two attached hydrogens (primary N) is 1. The molecule has 1 atom stereocenters. The molecule has 3 N–H and O–H groups in total. The van der Waals surface area contributed by atoms with Crippen LogP contribution in [0.3, 0.4) is 0 Å². The number of ether oxygens (including phenoxy) is 2. The maximum atomic E-state index is 6.20. The minimum absolute atomic E-state index is 0.331. The topological polar surface area (TPSA) is 68.9 Å². The van der Waals surface area contributed by atoms with Gasteiger partial charge in [0, 0.05) is 12.6 Å². The molecule has 1 heterocycles. The van der Waals surface area contributed by atoms with Crippen molar-refractivity contribution in [2.75, 3.05) is 19.8 Å². The molecule has 1 aliphatic heterocycles. The Balaban J connectivity index is 1.94. The molecule has 1 aromatic rings. The number of nitrogens with one attached hydrogen (secondary N) is 1. The highest BCUT2D eigenvalue weighted by molar-refractivity contribution is 6.32. The summed E-state index contributed by atoms with van der Waals surface area (Å²) in [4.78, 5) is 4.32. The van der Waals surface area contributed by atoms with E-state index in [1.807, 2.05) is 12.1 Å². The summed E-state index contributed by atoms with van der Waals surface area (Å²) in [5.41, 5.74) is 6.88. The number of rotatable bonds is 5. The molecule has 0 spiro atoms. The minimum atomic E-state index is 0.331. The highest BCUT2D eigenvalue weighted by Gasteiger charge is 2.16. The molecule has 1 aromatic carbocycles. The first-order chi connectivity index (χ1) is 10.1. The van der Waals surface area contributed by atoms with E-state index in [9.17, 15) is 0 Å². The molecule has 0 aliphatic carbocycles. The van der Waals surface area contributed by atoms with Crippen LogP contribution < -0.4 is 20.5 Å². The monoisotopic (exact) mass is 311 g/mol. The van der Waals surface area contributed by atoms with Gasteiger partial charge in [-0.25, -0.2) is 0 Å². The second kappa shape index (κ2) is 7.41. The fraction of sp³-hybridized carbons (Fsp3) is 0.533. The highest BCUT2D eigenvalue weighted by Crippen LogP contribution is 2.38. The summed E-state index contributed by atoms with van der Waals surface area (Å²) in [6, 6.07) is 4.18. The standard InChI is InChI=1S/C15H22ClN3O2/c1-3-10(2)19-15(17)18-5-4-11-8-12(16)14-13(9-11)20-6-7-21-14/h8-10H,3-7H2,1-2H3,(H3,17,18,19). The van der Waals surface area contributed by atoms with Crippen molar-refractivity contribution in [2.45, 2.75) is 32.7 Å². The van der Waals surface area contributed by atoms with Gasteiger partial charge in [-0.1, -0.05) is 18.5 Å². The van der Waals surface area contributed by atoms with Crippen molar-refractivity contribution < 1.29 is 9.47 Å². The molecule has 0 amide bonds. The van der Waals surface area contributed by atoms with Gasteiger partial charge in [-0.15, -0.1) is 0 Å². The Kier molecular flexibility index (Phi) is 5.56. The Bertz CT molecular complexity index is 520. The number of nitrogens with zero attached hydrogens (tertiary/aromatic N) is 1. The first-order valence-corrected chi connectivity index (χ1v) is 7.62. The summed E-state index contributed by atoms with van der Waals surface area (Å²) < 4.78 is 11.1. The molecule has 21 heavy (non-hydrogen) atoms. The third-order valence-corrected chi connectivity index (χ3v) is 3.63. The van der Waals surface area contributed by atoms with E-state index >= 15 is 0 Å². The van der Waals surface area contributed by atoms with Crippen molar-refractivity contribution in [1.82, 2.24) is 5.32 Å². The second-order valence-corrected chi connectivity index (χ2v) is 5.48. The van der Waals surface area contributed by atoms with Crippen molar-refractivity contribution in [3.63, 3.8) is 0 Å². The van der Waals surface area contributed by atoms with E-state index in [0.29, 0.717) is 48.3 Å². The van der Waals surface area contributed by atoms with Crippen molar-refractivity contribution in [3.05, 3.63) is 22.7 Å².